The van der Waals surface area contributed by atoms with E-state index in [0.717, 1.165) is 51.4 Å². The Kier molecular flexibility index (Phi) is 6.68. The number of imidazole rings is 1. The Morgan fingerprint density at radius 2 is 2.08 bits per heavy atom. The number of carbonyl (C=O) groups is 1. The van der Waals surface area contributed by atoms with Crippen molar-refractivity contribution in [3.63, 3.8) is 0 Å². The average Bonchev–Trinajstić information content (AvgIpc) is 3.68. The van der Waals surface area contributed by atoms with Gasteiger partial charge in [-0.15, -0.1) is 0 Å². The zero-order valence-electron chi connectivity index (χ0n) is 20.7. The molecule has 1 aliphatic carbocycles. The third-order valence-corrected chi connectivity index (χ3v) is 9.09. The Morgan fingerprint density at radius 3 is 2.89 bits per heavy atom. The molecule has 0 aliphatic heterocycles. The van der Waals surface area contributed by atoms with Gasteiger partial charge in [0.05, 0.1) is 0 Å². The maximum absolute atomic E-state index is 12.2. The Morgan fingerprint density at radius 1 is 1.14 bits per heavy atom. The normalized spacial score (nSPS) is 13.7. The molecule has 0 atom stereocenters. The van der Waals surface area contributed by atoms with E-state index in [0.29, 0.717) is 12.1 Å². The number of anilines is 1. The molecule has 0 unspecified atom stereocenters. The van der Waals surface area contributed by atoms with Crippen LogP contribution in [0.5, 0.6) is 0 Å². The Labute approximate surface area is 220 Å². The summed E-state index contributed by atoms with van der Waals surface area (Å²) in [5.41, 5.74) is 5.96. The number of hydrogen-bond donors (Lipinski definition) is 1. The number of rotatable bonds is 8. The fourth-order valence-electron chi connectivity index (χ4n) is 4.97. The van der Waals surface area contributed by atoms with E-state index in [4.69, 9.17) is 19.1 Å². The molecule has 7 nitrogen and oxygen atoms in total. The van der Waals surface area contributed by atoms with E-state index >= 15 is 0 Å². The molecule has 0 saturated heterocycles. The van der Waals surface area contributed by atoms with Crippen molar-refractivity contribution >= 4 is 46.0 Å². The second-order valence-electron chi connectivity index (χ2n) is 9.25. The molecule has 3 heterocycles. The monoisotopic (exact) mass is 560 g/mol. The van der Waals surface area contributed by atoms with Crippen LogP contribution in [0.15, 0.2) is 70.9 Å². The number of ether oxygens (including phenoxy) is 1. The van der Waals surface area contributed by atoms with Gasteiger partial charge in [0.25, 0.3) is 0 Å². The molecule has 37 heavy (non-hydrogen) atoms. The number of allylic oxidation sites excluding steroid dienone is 2. The Hall–Kier alpha value is -3.61. The van der Waals surface area contributed by atoms with Gasteiger partial charge in [-0.2, -0.15) is 0 Å². The molecule has 8 heteroatoms. The molecule has 1 aliphatic rings. The molecule has 1 N–H and O–H groups in total. The quantitative estimate of drug-likeness (QED) is 0.139. The zero-order valence-corrected chi connectivity index (χ0v) is 22.4. The van der Waals surface area contributed by atoms with Crippen molar-refractivity contribution in [2.24, 2.45) is 0 Å². The number of nitrogens with one attached hydrogen (secondary N) is 1. The standard InChI is InChI=1S/C29H28N4O3Se/c1-35-28(34)20-12-13-25-24(17-20)31-27(33(25)15-14-19-7-3-2-4-8-19)22-10-5-11-23-26(22)37-29(32-23)30-18-21-9-6-16-36-21/h5-7,9-13,16-17H,2-4,8,14-15,18H2,1H3,(H,30,32). The minimum absolute atomic E-state index is 0.0184. The van der Waals surface area contributed by atoms with E-state index in [2.05, 4.69) is 34.2 Å². The van der Waals surface area contributed by atoms with Crippen molar-refractivity contribution in [1.82, 2.24) is 14.5 Å². The number of aryl methyl sites for hydroxylation is 1. The molecule has 0 spiro atoms. The Bertz CT molecular complexity index is 1600. The second-order valence-corrected chi connectivity index (χ2v) is 11.3. The van der Waals surface area contributed by atoms with Gasteiger partial charge in [0.1, 0.15) is 0 Å². The number of nitrogens with zero attached hydrogens (tertiary/aromatic N) is 3. The predicted molar refractivity (Wildman–Crippen MR) is 146 cm³/mol. The van der Waals surface area contributed by atoms with Gasteiger partial charge >= 0.3 is 221 Å². The number of hydrogen-bond acceptors (Lipinski definition) is 6. The van der Waals surface area contributed by atoms with E-state index in [1.807, 2.05) is 30.3 Å². The van der Waals surface area contributed by atoms with Crippen molar-refractivity contribution in [2.75, 3.05) is 12.4 Å². The summed E-state index contributed by atoms with van der Waals surface area (Å²) in [6, 6.07) is 15.8. The first-order valence-electron chi connectivity index (χ1n) is 12.6. The van der Waals surface area contributed by atoms with Crippen LogP contribution in [-0.4, -0.2) is 42.1 Å². The number of methoxy groups -OCH3 is 1. The summed E-state index contributed by atoms with van der Waals surface area (Å²) in [5.74, 6) is 1.46. The van der Waals surface area contributed by atoms with Crippen LogP contribution in [0.25, 0.3) is 32.2 Å². The molecule has 0 bridgehead atoms. The molecule has 0 fully saturated rings. The Balaban J connectivity index is 1.41. The van der Waals surface area contributed by atoms with E-state index in [1.54, 1.807) is 6.26 Å². The third-order valence-electron chi connectivity index (χ3n) is 6.86. The van der Waals surface area contributed by atoms with E-state index in [-0.39, 0.29) is 20.5 Å². The van der Waals surface area contributed by atoms with Gasteiger partial charge in [-0.25, -0.2) is 0 Å². The van der Waals surface area contributed by atoms with Gasteiger partial charge in [-0.1, -0.05) is 0 Å². The van der Waals surface area contributed by atoms with Crippen LogP contribution in [0, 0.1) is 0 Å². The minimum atomic E-state index is -0.352. The van der Waals surface area contributed by atoms with Crippen LogP contribution in [0.1, 0.15) is 48.2 Å². The SMILES string of the molecule is COC(=O)c1ccc2c(c1)nc(-c1cccc3nc(NCc4ccco4)[se]c13)n2CCC1=CCCCC1. The number of esters is 1. The zero-order chi connectivity index (χ0) is 25.2. The maximum atomic E-state index is 12.2. The van der Waals surface area contributed by atoms with Crippen molar-refractivity contribution in [2.45, 2.75) is 45.2 Å². The molecular weight excluding hydrogens is 531 g/mol. The van der Waals surface area contributed by atoms with Gasteiger partial charge in [-0.05, 0) is 0 Å². The average molecular weight is 560 g/mol. The summed E-state index contributed by atoms with van der Waals surface area (Å²) < 4.78 is 14.9. The van der Waals surface area contributed by atoms with E-state index in [1.165, 1.54) is 42.6 Å². The van der Waals surface area contributed by atoms with Crippen LogP contribution in [-0.2, 0) is 17.8 Å². The third kappa shape index (κ3) is 4.87. The van der Waals surface area contributed by atoms with Gasteiger partial charge in [-0.3, -0.25) is 0 Å². The van der Waals surface area contributed by atoms with Crippen LogP contribution >= 0.6 is 0 Å². The van der Waals surface area contributed by atoms with Crippen molar-refractivity contribution in [3.8, 4) is 11.4 Å². The molecule has 0 amide bonds. The number of carbonyl (C=O) groups excluding carboxylic acids is 1. The molecular formula is C29H28N4O3Se. The first kappa shape index (κ1) is 23.8. The summed E-state index contributed by atoms with van der Waals surface area (Å²) in [7, 11) is 1.40. The summed E-state index contributed by atoms with van der Waals surface area (Å²) in [6.07, 6.45) is 10.0. The van der Waals surface area contributed by atoms with Crippen LogP contribution in [0.2, 0.25) is 0 Å². The van der Waals surface area contributed by atoms with Crippen LogP contribution < -0.4 is 5.32 Å². The number of furan rings is 1. The topological polar surface area (TPSA) is 82.2 Å². The summed E-state index contributed by atoms with van der Waals surface area (Å²) in [4.78, 5) is 22.1. The van der Waals surface area contributed by atoms with Crippen molar-refractivity contribution in [1.29, 1.82) is 0 Å². The molecule has 3 aromatic heterocycles. The van der Waals surface area contributed by atoms with E-state index in [9.17, 15) is 4.79 Å². The van der Waals surface area contributed by atoms with E-state index < -0.39 is 0 Å². The molecule has 0 saturated carbocycles. The van der Waals surface area contributed by atoms with Crippen molar-refractivity contribution < 1.29 is 13.9 Å². The molecule has 0 radical (unpaired) electrons. The fourth-order valence-corrected chi connectivity index (χ4v) is 7.00. The fraction of sp³-hybridized carbons (Fsp3) is 0.276. The summed E-state index contributed by atoms with van der Waals surface area (Å²) >= 11 is 0.0184. The number of benzene rings is 2. The summed E-state index contributed by atoms with van der Waals surface area (Å²) in [6.45, 7) is 1.46. The first-order valence-corrected chi connectivity index (χ1v) is 14.3. The molecule has 188 valence electrons. The number of fused-ring (bicyclic) bond motifs is 2. The molecule has 6 rings (SSSR count). The van der Waals surface area contributed by atoms with Gasteiger partial charge in [0.15, 0.2) is 0 Å². The van der Waals surface area contributed by atoms with Crippen molar-refractivity contribution in [3.05, 3.63) is 77.8 Å². The number of aromatic nitrogens is 3. The summed E-state index contributed by atoms with van der Waals surface area (Å²) in [5, 5.41) is 3.44. The first-order chi connectivity index (χ1) is 18.2. The molecule has 5 aromatic rings. The van der Waals surface area contributed by atoms with Crippen LogP contribution in [0.4, 0.5) is 4.69 Å². The van der Waals surface area contributed by atoms with Crippen LogP contribution in [0.3, 0.4) is 0 Å². The van der Waals surface area contributed by atoms with Gasteiger partial charge in [0, 0.05) is 0 Å². The van der Waals surface area contributed by atoms with Gasteiger partial charge in [0.2, 0.25) is 0 Å². The second kappa shape index (κ2) is 10.4. The predicted octanol–water partition coefficient (Wildman–Crippen LogP) is 6.19. The molecule has 2 aromatic carbocycles. The van der Waals surface area contributed by atoms with Gasteiger partial charge < -0.3 is 0 Å².